The number of rotatable bonds is 13. The summed E-state index contributed by atoms with van der Waals surface area (Å²) in [5.74, 6) is 1.68. The quantitative estimate of drug-likeness (QED) is 0.143. The molecular formula is C25H34O3S. The standard InChI is InChI=1S/C25H34O3S/c1-3-5-6-7-8-9-10-11-20-29-24-18-14-22(15-19-24)21-12-16-23(17-13-21)28-25(26)27-4-2/h12-19H,3-11,20H2,1-2H3. The van der Waals surface area contributed by atoms with Crippen molar-refractivity contribution in [2.75, 3.05) is 12.4 Å². The fraction of sp³-hybridized carbons (Fsp3) is 0.480. The van der Waals surface area contributed by atoms with E-state index in [1.165, 1.54) is 62.0 Å². The highest BCUT2D eigenvalue weighted by Crippen LogP contribution is 2.26. The molecule has 4 heteroatoms. The normalized spacial score (nSPS) is 10.7. The van der Waals surface area contributed by atoms with Crippen LogP contribution in [-0.2, 0) is 4.74 Å². The molecule has 0 aliphatic rings. The second-order valence-corrected chi connectivity index (χ2v) is 8.33. The van der Waals surface area contributed by atoms with Gasteiger partial charge < -0.3 is 9.47 Å². The van der Waals surface area contributed by atoms with Crippen LogP contribution in [0.15, 0.2) is 53.4 Å². The Morgan fingerprint density at radius 3 is 1.90 bits per heavy atom. The van der Waals surface area contributed by atoms with E-state index in [1.54, 1.807) is 19.1 Å². The van der Waals surface area contributed by atoms with Crippen molar-refractivity contribution in [1.29, 1.82) is 0 Å². The molecule has 0 heterocycles. The van der Waals surface area contributed by atoms with Crippen molar-refractivity contribution < 1.29 is 14.3 Å². The molecule has 0 amide bonds. The fourth-order valence-corrected chi connectivity index (χ4v) is 4.04. The van der Waals surface area contributed by atoms with Gasteiger partial charge in [-0.3, -0.25) is 0 Å². The third-order valence-electron chi connectivity index (χ3n) is 4.77. The van der Waals surface area contributed by atoms with Gasteiger partial charge in [0.15, 0.2) is 0 Å². The lowest BCUT2D eigenvalue weighted by Crippen LogP contribution is -2.09. The van der Waals surface area contributed by atoms with Crippen molar-refractivity contribution in [2.45, 2.75) is 70.1 Å². The Morgan fingerprint density at radius 2 is 1.31 bits per heavy atom. The third-order valence-corrected chi connectivity index (χ3v) is 5.87. The Morgan fingerprint density at radius 1 is 0.759 bits per heavy atom. The van der Waals surface area contributed by atoms with Gasteiger partial charge in [-0.2, -0.15) is 0 Å². The van der Waals surface area contributed by atoms with Crippen molar-refractivity contribution in [1.82, 2.24) is 0 Å². The first kappa shape index (κ1) is 23.3. The summed E-state index contributed by atoms with van der Waals surface area (Å²) in [6.45, 7) is 4.32. The zero-order chi connectivity index (χ0) is 20.7. The fourth-order valence-electron chi connectivity index (χ4n) is 3.13. The highest BCUT2D eigenvalue weighted by Gasteiger charge is 2.05. The van der Waals surface area contributed by atoms with E-state index >= 15 is 0 Å². The third kappa shape index (κ3) is 9.40. The van der Waals surface area contributed by atoms with Gasteiger partial charge in [0.2, 0.25) is 0 Å². The molecule has 0 radical (unpaired) electrons. The molecule has 2 aromatic rings. The van der Waals surface area contributed by atoms with Crippen LogP contribution in [0.4, 0.5) is 4.79 Å². The summed E-state index contributed by atoms with van der Waals surface area (Å²) in [4.78, 5) is 12.7. The number of benzene rings is 2. The molecule has 3 nitrogen and oxygen atoms in total. The minimum atomic E-state index is -0.668. The molecule has 0 atom stereocenters. The van der Waals surface area contributed by atoms with E-state index in [0.717, 1.165) is 11.1 Å². The zero-order valence-electron chi connectivity index (χ0n) is 17.8. The first-order valence-electron chi connectivity index (χ1n) is 10.9. The molecule has 158 valence electrons. The maximum atomic E-state index is 11.4. The number of hydrogen-bond acceptors (Lipinski definition) is 4. The van der Waals surface area contributed by atoms with Crippen LogP contribution in [0, 0.1) is 0 Å². The molecule has 2 aromatic carbocycles. The average Bonchev–Trinajstić information content (AvgIpc) is 2.74. The van der Waals surface area contributed by atoms with Crippen LogP contribution in [0.1, 0.15) is 65.2 Å². The van der Waals surface area contributed by atoms with Gasteiger partial charge in [-0.1, -0.05) is 76.1 Å². The first-order valence-corrected chi connectivity index (χ1v) is 11.9. The lowest BCUT2D eigenvalue weighted by atomic mass is 10.1. The van der Waals surface area contributed by atoms with E-state index in [-0.39, 0.29) is 0 Å². The lowest BCUT2D eigenvalue weighted by molar-refractivity contribution is 0.104. The topological polar surface area (TPSA) is 35.5 Å². The number of hydrogen-bond donors (Lipinski definition) is 0. The van der Waals surface area contributed by atoms with Crippen LogP contribution in [-0.4, -0.2) is 18.5 Å². The molecule has 0 unspecified atom stereocenters. The Hall–Kier alpha value is -1.94. The first-order chi connectivity index (χ1) is 14.2. The Bertz CT molecular complexity index is 695. The zero-order valence-corrected chi connectivity index (χ0v) is 18.6. The summed E-state index contributed by atoms with van der Waals surface area (Å²) in [5.41, 5.74) is 2.25. The minimum Gasteiger partial charge on any atom is -0.434 e. The van der Waals surface area contributed by atoms with Gasteiger partial charge in [-0.25, -0.2) is 4.79 Å². The molecule has 0 aromatic heterocycles. The van der Waals surface area contributed by atoms with Crippen LogP contribution in [0.5, 0.6) is 5.75 Å². The van der Waals surface area contributed by atoms with Gasteiger partial charge in [-0.15, -0.1) is 11.8 Å². The molecule has 0 spiro atoms. The number of carbonyl (C=O) groups excluding carboxylic acids is 1. The van der Waals surface area contributed by atoms with E-state index in [1.807, 2.05) is 23.9 Å². The van der Waals surface area contributed by atoms with Crippen LogP contribution in [0.25, 0.3) is 11.1 Å². The molecular weight excluding hydrogens is 380 g/mol. The number of ether oxygens (including phenoxy) is 2. The molecule has 0 saturated carbocycles. The largest absolute Gasteiger partial charge is 0.513 e. The van der Waals surface area contributed by atoms with Crippen molar-refractivity contribution in [3.05, 3.63) is 48.5 Å². The van der Waals surface area contributed by atoms with E-state index in [9.17, 15) is 4.79 Å². The molecule has 0 fully saturated rings. The molecule has 29 heavy (non-hydrogen) atoms. The highest BCUT2D eigenvalue weighted by molar-refractivity contribution is 7.99. The van der Waals surface area contributed by atoms with Crippen molar-refractivity contribution in [3.8, 4) is 16.9 Å². The monoisotopic (exact) mass is 414 g/mol. The van der Waals surface area contributed by atoms with Gasteiger partial charge in [0.1, 0.15) is 5.75 Å². The summed E-state index contributed by atoms with van der Waals surface area (Å²) < 4.78 is 9.88. The van der Waals surface area contributed by atoms with Crippen LogP contribution in [0.3, 0.4) is 0 Å². The van der Waals surface area contributed by atoms with Crippen LogP contribution >= 0.6 is 11.8 Å². The second-order valence-electron chi connectivity index (χ2n) is 7.16. The SMILES string of the molecule is CCCCCCCCCCSc1ccc(-c2ccc(OC(=O)OCC)cc2)cc1. The number of carbonyl (C=O) groups is 1. The van der Waals surface area contributed by atoms with Gasteiger partial charge in [0.05, 0.1) is 6.61 Å². The van der Waals surface area contributed by atoms with E-state index < -0.39 is 6.16 Å². The second kappa shape index (κ2) is 14.1. The summed E-state index contributed by atoms with van der Waals surface area (Å²) >= 11 is 1.94. The van der Waals surface area contributed by atoms with Crippen molar-refractivity contribution in [2.24, 2.45) is 0 Å². The number of unbranched alkanes of at least 4 members (excludes halogenated alkanes) is 7. The van der Waals surface area contributed by atoms with Crippen LogP contribution < -0.4 is 4.74 Å². The van der Waals surface area contributed by atoms with Crippen molar-refractivity contribution >= 4 is 17.9 Å². The van der Waals surface area contributed by atoms with Gasteiger partial charge in [-0.05, 0) is 54.5 Å². The molecule has 0 N–H and O–H groups in total. The molecule has 0 bridgehead atoms. The Balaban J connectivity index is 1.69. The minimum absolute atomic E-state index is 0.306. The van der Waals surface area contributed by atoms with Gasteiger partial charge in [0, 0.05) is 4.90 Å². The molecule has 0 saturated heterocycles. The summed E-state index contributed by atoms with van der Waals surface area (Å²) in [6, 6.07) is 16.2. The maximum absolute atomic E-state index is 11.4. The van der Waals surface area contributed by atoms with E-state index in [0.29, 0.717) is 12.4 Å². The Labute approximate surface area is 180 Å². The maximum Gasteiger partial charge on any atom is 0.513 e. The van der Waals surface area contributed by atoms with Gasteiger partial charge in [0.25, 0.3) is 0 Å². The van der Waals surface area contributed by atoms with E-state index in [4.69, 9.17) is 9.47 Å². The van der Waals surface area contributed by atoms with Crippen molar-refractivity contribution in [3.63, 3.8) is 0 Å². The highest BCUT2D eigenvalue weighted by atomic mass is 32.2. The summed E-state index contributed by atoms with van der Waals surface area (Å²) in [5, 5.41) is 0. The van der Waals surface area contributed by atoms with Crippen LogP contribution in [0.2, 0.25) is 0 Å². The average molecular weight is 415 g/mol. The van der Waals surface area contributed by atoms with E-state index in [2.05, 4.69) is 31.2 Å². The number of thioether (sulfide) groups is 1. The molecule has 2 rings (SSSR count). The molecule has 0 aliphatic heterocycles. The summed E-state index contributed by atoms with van der Waals surface area (Å²) in [6.07, 6.45) is 10.2. The predicted octanol–water partition coefficient (Wildman–Crippen LogP) is 8.12. The smallest absolute Gasteiger partial charge is 0.434 e. The summed E-state index contributed by atoms with van der Waals surface area (Å²) in [7, 11) is 0. The lowest BCUT2D eigenvalue weighted by Gasteiger charge is -2.07. The predicted molar refractivity (Wildman–Crippen MR) is 123 cm³/mol. The molecule has 0 aliphatic carbocycles. The Kier molecular flexibility index (Phi) is 11.4. The van der Waals surface area contributed by atoms with Gasteiger partial charge >= 0.3 is 6.16 Å².